The van der Waals surface area contributed by atoms with E-state index in [2.05, 4.69) is 25.3 Å². The van der Waals surface area contributed by atoms with Gasteiger partial charge in [-0.25, -0.2) is 9.59 Å². The van der Waals surface area contributed by atoms with Crippen molar-refractivity contribution in [3.63, 3.8) is 0 Å². The Morgan fingerprint density at radius 2 is 1.37 bits per heavy atom. The first-order valence-corrected chi connectivity index (χ1v) is 13.1. The molecule has 0 aromatic carbocycles. The van der Waals surface area contributed by atoms with Crippen LogP contribution in [0.5, 0.6) is 0 Å². The zero-order valence-corrected chi connectivity index (χ0v) is 18.6. The van der Waals surface area contributed by atoms with Gasteiger partial charge in [0.05, 0.1) is 9.16 Å². The first-order valence-electron chi connectivity index (χ1n) is 8.31. The van der Waals surface area contributed by atoms with Crippen molar-refractivity contribution in [1.29, 1.82) is 0 Å². The van der Waals surface area contributed by atoms with Crippen molar-refractivity contribution in [1.82, 2.24) is 0 Å². The van der Waals surface area contributed by atoms with E-state index in [1.165, 1.54) is 21.9 Å². The van der Waals surface area contributed by atoms with Gasteiger partial charge in [0.1, 0.15) is 13.2 Å². The molecule has 3 heterocycles. The highest BCUT2D eigenvalue weighted by atomic mass is 32.2. The highest BCUT2D eigenvalue weighted by Gasteiger charge is 2.32. The Morgan fingerprint density at radius 1 is 0.926 bits per heavy atom. The molecule has 0 saturated carbocycles. The number of hydrogen-bond donors (Lipinski definition) is 0. The van der Waals surface area contributed by atoms with Crippen LogP contribution in [0.3, 0.4) is 0 Å². The van der Waals surface area contributed by atoms with Crippen molar-refractivity contribution in [2.45, 2.75) is 19.7 Å². The van der Waals surface area contributed by atoms with Crippen molar-refractivity contribution in [2.24, 2.45) is 0 Å². The van der Waals surface area contributed by atoms with Crippen molar-refractivity contribution >= 4 is 70.3 Å². The number of rotatable bonds is 8. The van der Waals surface area contributed by atoms with Crippen LogP contribution < -0.4 is 0 Å². The molecule has 27 heavy (non-hydrogen) atoms. The second-order valence-corrected chi connectivity index (χ2v) is 12.6. The Bertz CT molecular complexity index is 647. The molecule has 4 nitrogen and oxygen atoms in total. The van der Waals surface area contributed by atoms with Gasteiger partial charge in [0.2, 0.25) is 0 Å². The molecule has 0 aliphatic carbocycles. The fourth-order valence-corrected chi connectivity index (χ4v) is 10.5. The number of hydrogen-bond acceptors (Lipinski definition) is 9. The van der Waals surface area contributed by atoms with E-state index in [0.717, 1.165) is 11.5 Å². The van der Waals surface area contributed by atoms with Crippen molar-refractivity contribution < 1.29 is 19.1 Å². The molecule has 4 unspecified atom stereocenters. The molecule has 146 valence electrons. The Hall–Kier alpha value is -0.480. The van der Waals surface area contributed by atoms with Crippen LogP contribution in [0.25, 0.3) is 0 Å². The molecule has 1 aromatic heterocycles. The van der Waals surface area contributed by atoms with E-state index in [-0.39, 0.29) is 11.9 Å². The van der Waals surface area contributed by atoms with Crippen LogP contribution in [-0.2, 0) is 19.1 Å². The molecule has 0 bridgehead atoms. The minimum Gasteiger partial charge on any atom is -0.461 e. The summed E-state index contributed by atoms with van der Waals surface area (Å²) in [6.07, 6.45) is 2.41. The average Bonchev–Trinajstić information content (AvgIpc) is 3.43. The van der Waals surface area contributed by atoms with Crippen LogP contribution in [0.4, 0.5) is 0 Å². The van der Waals surface area contributed by atoms with Gasteiger partial charge < -0.3 is 9.47 Å². The average molecular weight is 461 g/mol. The maximum Gasteiger partial charge on any atom is 0.330 e. The number of carbonyl (C=O) groups is 2. The monoisotopic (exact) mass is 460 g/mol. The highest BCUT2D eigenvalue weighted by molar-refractivity contribution is 8.20. The minimum absolute atomic E-state index is 0.327. The van der Waals surface area contributed by atoms with Crippen LogP contribution >= 0.6 is 58.4 Å². The summed E-state index contributed by atoms with van der Waals surface area (Å²) in [7, 11) is 0. The lowest BCUT2D eigenvalue weighted by Gasteiger charge is -2.10. The van der Waals surface area contributed by atoms with Crippen LogP contribution in [0, 0.1) is 0 Å². The SMILES string of the molecule is C=CC(=O)OCC1CSC(c2ccc(C3SCC(COC(=O)C=C)S3)s2)S1. The molecular weight excluding hydrogens is 441 g/mol. The number of esters is 2. The van der Waals surface area contributed by atoms with Gasteiger partial charge in [-0.3, -0.25) is 0 Å². The number of thioether (sulfide) groups is 4. The lowest BCUT2D eigenvalue weighted by atomic mass is 10.4. The zero-order chi connectivity index (χ0) is 19.2. The first-order chi connectivity index (χ1) is 13.1. The van der Waals surface area contributed by atoms with Gasteiger partial charge in [0.25, 0.3) is 0 Å². The standard InChI is InChI=1S/C18H20O4S5/c1-3-15(19)21-7-11-9-23-17(25-11)13-5-6-14(27-13)18-24-10-12(26-18)8-22-16(20)4-2/h3-6,11-12,17-18H,1-2,7-10H2. The fraction of sp³-hybridized carbons (Fsp3) is 0.444. The van der Waals surface area contributed by atoms with Gasteiger partial charge in [-0.2, -0.15) is 0 Å². The molecule has 2 saturated heterocycles. The predicted molar refractivity (Wildman–Crippen MR) is 120 cm³/mol. The summed E-state index contributed by atoms with van der Waals surface area (Å²) < 4.78 is 11.1. The highest BCUT2D eigenvalue weighted by Crippen LogP contribution is 2.55. The second kappa shape index (κ2) is 10.3. The number of ether oxygens (including phenoxy) is 2. The van der Waals surface area contributed by atoms with Gasteiger partial charge in [-0.1, -0.05) is 13.2 Å². The molecule has 0 radical (unpaired) electrons. The Labute approximate surface area is 180 Å². The molecule has 4 atom stereocenters. The molecule has 2 fully saturated rings. The summed E-state index contributed by atoms with van der Waals surface area (Å²) in [6, 6.07) is 4.43. The molecule has 2 aliphatic heterocycles. The van der Waals surface area contributed by atoms with Crippen molar-refractivity contribution in [3.8, 4) is 0 Å². The van der Waals surface area contributed by atoms with Crippen LogP contribution in [-0.4, -0.2) is 47.2 Å². The van der Waals surface area contributed by atoms with E-state index in [1.807, 2.05) is 58.4 Å². The number of thiophene rings is 1. The van der Waals surface area contributed by atoms with Crippen molar-refractivity contribution in [2.75, 3.05) is 24.7 Å². The van der Waals surface area contributed by atoms with Crippen LogP contribution in [0.2, 0.25) is 0 Å². The van der Waals surface area contributed by atoms with Crippen LogP contribution in [0.1, 0.15) is 18.9 Å². The van der Waals surface area contributed by atoms with Gasteiger partial charge in [-0.05, 0) is 12.1 Å². The quantitative estimate of drug-likeness (QED) is 0.401. The molecule has 2 aliphatic rings. The maximum absolute atomic E-state index is 11.2. The molecule has 0 spiro atoms. The molecule has 3 rings (SSSR count). The lowest BCUT2D eigenvalue weighted by molar-refractivity contribution is -0.138. The molecule has 1 aromatic rings. The molecule has 9 heteroatoms. The fourth-order valence-electron chi connectivity index (χ4n) is 2.46. The van der Waals surface area contributed by atoms with Crippen LogP contribution in [0.15, 0.2) is 37.4 Å². The van der Waals surface area contributed by atoms with E-state index in [1.54, 1.807) is 0 Å². The summed E-state index contributed by atoms with van der Waals surface area (Å²) in [5.41, 5.74) is 0. The van der Waals surface area contributed by atoms with E-state index in [4.69, 9.17) is 9.47 Å². The van der Waals surface area contributed by atoms with Crippen molar-refractivity contribution in [3.05, 3.63) is 47.2 Å². The number of carbonyl (C=O) groups excluding carboxylic acids is 2. The van der Waals surface area contributed by atoms with E-state index in [0.29, 0.717) is 32.9 Å². The van der Waals surface area contributed by atoms with Gasteiger partial charge in [0, 0.05) is 43.9 Å². The smallest absolute Gasteiger partial charge is 0.330 e. The summed E-state index contributed by atoms with van der Waals surface area (Å²) in [4.78, 5) is 25.1. The molecule has 0 N–H and O–H groups in total. The van der Waals surface area contributed by atoms with Gasteiger partial charge in [0.15, 0.2) is 0 Å². The first kappa shape index (κ1) is 21.2. The van der Waals surface area contributed by atoms with Gasteiger partial charge >= 0.3 is 11.9 Å². The topological polar surface area (TPSA) is 52.6 Å². The molecular formula is C18H20O4S5. The summed E-state index contributed by atoms with van der Waals surface area (Å²) in [5.74, 6) is 1.25. The Balaban J connectivity index is 1.48. The lowest BCUT2D eigenvalue weighted by Crippen LogP contribution is -2.14. The minimum atomic E-state index is -0.355. The largest absolute Gasteiger partial charge is 0.461 e. The third kappa shape index (κ3) is 6.00. The second-order valence-electron chi connectivity index (χ2n) is 5.76. The third-order valence-corrected chi connectivity index (χ3v) is 12.2. The third-order valence-electron chi connectivity index (χ3n) is 3.77. The Kier molecular flexibility index (Phi) is 8.13. The zero-order valence-electron chi connectivity index (χ0n) is 14.5. The Morgan fingerprint density at radius 3 is 1.78 bits per heavy atom. The van der Waals surface area contributed by atoms with E-state index < -0.39 is 0 Å². The van der Waals surface area contributed by atoms with E-state index in [9.17, 15) is 9.59 Å². The summed E-state index contributed by atoms with van der Waals surface area (Å²) in [5, 5.41) is 0.655. The normalized spacial score (nSPS) is 27.3. The summed E-state index contributed by atoms with van der Waals surface area (Å²) in [6.45, 7) is 7.72. The predicted octanol–water partition coefficient (Wildman–Crippen LogP) is 4.90. The maximum atomic E-state index is 11.2. The molecule has 0 amide bonds. The van der Waals surface area contributed by atoms with Gasteiger partial charge in [-0.15, -0.1) is 58.4 Å². The van der Waals surface area contributed by atoms with E-state index >= 15 is 0 Å². The summed E-state index contributed by atoms with van der Waals surface area (Å²) >= 11 is 9.41.